The molecule has 0 radical (unpaired) electrons. The lowest BCUT2D eigenvalue weighted by atomic mass is 9.95. The van der Waals surface area contributed by atoms with E-state index in [0.717, 1.165) is 43.1 Å². The van der Waals surface area contributed by atoms with Gasteiger partial charge in [-0.2, -0.15) is 0 Å². The maximum atomic E-state index is 13.9. The van der Waals surface area contributed by atoms with Gasteiger partial charge in [0.15, 0.2) is 0 Å². The standard InChI is InChI=1S/C18H23FN2/c1-2-3-4-5-6-11-18(21-20)16-12-13-17(19)15-10-8-7-9-14(15)16/h2,7-10,12-13,18,21H,1,3-6,11,20H2. The number of rotatable bonds is 8. The van der Waals surface area contributed by atoms with Crippen molar-refractivity contribution in [2.24, 2.45) is 5.84 Å². The van der Waals surface area contributed by atoms with E-state index in [9.17, 15) is 4.39 Å². The molecule has 0 aliphatic rings. The molecule has 0 fully saturated rings. The lowest BCUT2D eigenvalue weighted by Crippen LogP contribution is -2.28. The Bertz CT molecular complexity index is 595. The van der Waals surface area contributed by atoms with E-state index in [2.05, 4.69) is 12.0 Å². The van der Waals surface area contributed by atoms with Gasteiger partial charge in [-0.15, -0.1) is 6.58 Å². The molecular weight excluding hydrogens is 263 g/mol. The molecule has 0 bridgehead atoms. The van der Waals surface area contributed by atoms with Crippen molar-refractivity contribution in [1.82, 2.24) is 5.43 Å². The predicted octanol–water partition coefficient (Wildman–Crippen LogP) is 4.62. The Hall–Kier alpha value is -1.71. The number of hydrogen-bond acceptors (Lipinski definition) is 2. The van der Waals surface area contributed by atoms with Gasteiger partial charge in [-0.1, -0.05) is 49.2 Å². The van der Waals surface area contributed by atoms with Crippen LogP contribution >= 0.6 is 0 Å². The van der Waals surface area contributed by atoms with Crippen LogP contribution < -0.4 is 11.3 Å². The Morgan fingerprint density at radius 2 is 1.86 bits per heavy atom. The first-order valence-electron chi connectivity index (χ1n) is 7.52. The van der Waals surface area contributed by atoms with E-state index in [4.69, 9.17) is 5.84 Å². The van der Waals surface area contributed by atoms with Crippen molar-refractivity contribution in [3.05, 3.63) is 60.4 Å². The minimum absolute atomic E-state index is 0.0548. The van der Waals surface area contributed by atoms with Gasteiger partial charge in [0, 0.05) is 11.4 Å². The van der Waals surface area contributed by atoms with Crippen LogP contribution in [0.1, 0.15) is 43.7 Å². The Kier molecular flexibility index (Phi) is 5.90. The maximum Gasteiger partial charge on any atom is 0.131 e. The number of hydrazine groups is 1. The average molecular weight is 286 g/mol. The van der Waals surface area contributed by atoms with E-state index in [1.54, 1.807) is 0 Å². The third-order valence-corrected chi connectivity index (χ3v) is 3.88. The molecule has 0 saturated heterocycles. The summed E-state index contributed by atoms with van der Waals surface area (Å²) in [6, 6.07) is 11.0. The van der Waals surface area contributed by atoms with Gasteiger partial charge in [0.25, 0.3) is 0 Å². The molecule has 0 aliphatic heterocycles. The van der Waals surface area contributed by atoms with Crippen LogP contribution in [0.25, 0.3) is 10.8 Å². The second-order valence-electron chi connectivity index (χ2n) is 5.33. The summed E-state index contributed by atoms with van der Waals surface area (Å²) in [5.74, 6) is 5.53. The molecule has 0 saturated carbocycles. The fourth-order valence-corrected chi connectivity index (χ4v) is 2.73. The number of halogens is 1. The van der Waals surface area contributed by atoms with E-state index < -0.39 is 0 Å². The van der Waals surface area contributed by atoms with Gasteiger partial charge in [-0.05, 0) is 36.3 Å². The van der Waals surface area contributed by atoms with Gasteiger partial charge in [-0.3, -0.25) is 11.3 Å². The molecule has 3 heteroatoms. The molecule has 112 valence electrons. The first-order chi connectivity index (χ1) is 10.3. The van der Waals surface area contributed by atoms with Crippen molar-refractivity contribution >= 4 is 10.8 Å². The third kappa shape index (κ3) is 3.90. The third-order valence-electron chi connectivity index (χ3n) is 3.88. The number of hydrogen-bond donors (Lipinski definition) is 2. The highest BCUT2D eigenvalue weighted by Gasteiger charge is 2.14. The molecule has 1 atom stereocenters. The molecule has 0 spiro atoms. The van der Waals surface area contributed by atoms with Crippen LogP contribution in [-0.4, -0.2) is 0 Å². The van der Waals surface area contributed by atoms with Crippen LogP contribution in [0.5, 0.6) is 0 Å². The molecule has 0 aliphatic carbocycles. The molecule has 2 rings (SSSR count). The van der Waals surface area contributed by atoms with Gasteiger partial charge < -0.3 is 0 Å². The molecule has 1 unspecified atom stereocenters. The second kappa shape index (κ2) is 7.91. The van der Waals surface area contributed by atoms with Crippen molar-refractivity contribution in [3.8, 4) is 0 Å². The summed E-state index contributed by atoms with van der Waals surface area (Å²) in [4.78, 5) is 0. The van der Waals surface area contributed by atoms with Gasteiger partial charge in [-0.25, -0.2) is 4.39 Å². The average Bonchev–Trinajstić information content (AvgIpc) is 2.52. The van der Waals surface area contributed by atoms with Crippen LogP contribution in [0.15, 0.2) is 49.1 Å². The molecule has 0 aromatic heterocycles. The largest absolute Gasteiger partial charge is 0.271 e. The molecule has 2 aromatic rings. The number of unbranched alkanes of at least 4 members (excludes halogenated alkanes) is 3. The summed E-state index contributed by atoms with van der Waals surface area (Å²) in [7, 11) is 0. The SMILES string of the molecule is C=CCCCCCC(NN)c1ccc(F)c2ccccc12. The molecule has 0 amide bonds. The Morgan fingerprint density at radius 1 is 1.10 bits per heavy atom. The first-order valence-corrected chi connectivity index (χ1v) is 7.52. The predicted molar refractivity (Wildman–Crippen MR) is 87.3 cm³/mol. The normalized spacial score (nSPS) is 12.5. The summed E-state index contributed by atoms with van der Waals surface area (Å²) in [5.41, 5.74) is 3.95. The number of allylic oxidation sites excluding steroid dienone is 1. The first kappa shape index (κ1) is 15.7. The highest BCUT2D eigenvalue weighted by Crippen LogP contribution is 2.29. The number of nitrogens with two attached hydrogens (primary N) is 1. The van der Waals surface area contributed by atoms with Gasteiger partial charge in [0.1, 0.15) is 5.82 Å². The zero-order valence-electron chi connectivity index (χ0n) is 12.3. The summed E-state index contributed by atoms with van der Waals surface area (Å²) in [6.07, 6.45) is 7.36. The minimum atomic E-state index is -0.184. The number of nitrogens with one attached hydrogen (secondary N) is 1. The van der Waals surface area contributed by atoms with Crippen molar-refractivity contribution in [3.63, 3.8) is 0 Å². The van der Waals surface area contributed by atoms with E-state index in [0.29, 0.717) is 5.39 Å². The van der Waals surface area contributed by atoms with Crippen molar-refractivity contribution < 1.29 is 4.39 Å². The minimum Gasteiger partial charge on any atom is -0.271 e. The summed E-state index contributed by atoms with van der Waals surface area (Å²) < 4.78 is 13.9. The topological polar surface area (TPSA) is 38.0 Å². The molecular formula is C18H23FN2. The molecule has 21 heavy (non-hydrogen) atoms. The quantitative estimate of drug-likeness (QED) is 0.321. The van der Waals surface area contributed by atoms with Crippen molar-refractivity contribution in [2.75, 3.05) is 0 Å². The molecule has 2 aromatic carbocycles. The molecule has 3 N–H and O–H groups in total. The highest BCUT2D eigenvalue weighted by molar-refractivity contribution is 5.86. The zero-order chi connectivity index (χ0) is 15.1. The van der Waals surface area contributed by atoms with E-state index in [-0.39, 0.29) is 11.9 Å². The fraction of sp³-hybridized carbons (Fsp3) is 0.333. The van der Waals surface area contributed by atoms with Crippen LogP contribution in [0.4, 0.5) is 4.39 Å². The fourth-order valence-electron chi connectivity index (χ4n) is 2.73. The van der Waals surface area contributed by atoms with E-state index in [1.165, 1.54) is 6.07 Å². The Morgan fingerprint density at radius 3 is 2.57 bits per heavy atom. The lowest BCUT2D eigenvalue weighted by Gasteiger charge is -2.18. The van der Waals surface area contributed by atoms with Gasteiger partial charge >= 0.3 is 0 Å². The lowest BCUT2D eigenvalue weighted by molar-refractivity contribution is 0.486. The second-order valence-corrected chi connectivity index (χ2v) is 5.33. The number of benzene rings is 2. The van der Waals surface area contributed by atoms with E-state index in [1.807, 2.05) is 36.4 Å². The Labute approximate surface area is 125 Å². The van der Waals surface area contributed by atoms with Crippen molar-refractivity contribution in [1.29, 1.82) is 0 Å². The molecule has 0 heterocycles. The monoisotopic (exact) mass is 286 g/mol. The van der Waals surface area contributed by atoms with Crippen LogP contribution in [0.3, 0.4) is 0 Å². The summed E-state index contributed by atoms with van der Waals surface area (Å²) in [5, 5.41) is 1.59. The summed E-state index contributed by atoms with van der Waals surface area (Å²) in [6.45, 7) is 3.73. The number of fused-ring (bicyclic) bond motifs is 1. The highest BCUT2D eigenvalue weighted by atomic mass is 19.1. The Balaban J connectivity index is 2.14. The maximum absolute atomic E-state index is 13.9. The smallest absolute Gasteiger partial charge is 0.131 e. The van der Waals surface area contributed by atoms with Gasteiger partial charge in [0.2, 0.25) is 0 Å². The van der Waals surface area contributed by atoms with Gasteiger partial charge in [0.05, 0.1) is 0 Å². The summed E-state index contributed by atoms with van der Waals surface area (Å²) >= 11 is 0. The van der Waals surface area contributed by atoms with Crippen molar-refractivity contribution in [2.45, 2.75) is 38.1 Å². The zero-order valence-corrected chi connectivity index (χ0v) is 12.3. The van der Waals surface area contributed by atoms with Crippen LogP contribution in [-0.2, 0) is 0 Å². The van der Waals surface area contributed by atoms with E-state index >= 15 is 0 Å². The molecule has 2 nitrogen and oxygen atoms in total. The van der Waals surface area contributed by atoms with Crippen LogP contribution in [0, 0.1) is 5.82 Å². The van der Waals surface area contributed by atoms with Crippen LogP contribution in [0.2, 0.25) is 0 Å².